The summed E-state index contributed by atoms with van der Waals surface area (Å²) in [5.74, 6) is -1.03. The molecule has 1 amide bonds. The maximum absolute atomic E-state index is 11.8. The lowest BCUT2D eigenvalue weighted by Crippen LogP contribution is -2.68. The number of hydrogen-bond donors (Lipinski definition) is 1. The van der Waals surface area contributed by atoms with Crippen molar-refractivity contribution in [2.45, 2.75) is 18.4 Å². The molecule has 0 saturated carbocycles. The van der Waals surface area contributed by atoms with Gasteiger partial charge < -0.3 is 14.7 Å². The second-order valence-electron chi connectivity index (χ2n) is 4.38. The molecule has 0 aromatic carbocycles. The fraction of sp³-hybridized carbons (Fsp3) is 0.500. The summed E-state index contributed by atoms with van der Waals surface area (Å²) >= 11 is 1.60. The zero-order chi connectivity index (χ0) is 13.2. The van der Waals surface area contributed by atoms with E-state index in [1.165, 1.54) is 12.0 Å². The van der Waals surface area contributed by atoms with E-state index in [4.69, 9.17) is 9.84 Å². The first-order valence-corrected chi connectivity index (χ1v) is 6.59. The molecule has 1 fully saturated rings. The Morgan fingerprint density at radius 1 is 1.56 bits per heavy atom. The SMILES string of the molecule is COC1(C(=O)O)CN(C(=O)CCc2ccsc2)C1. The molecular weight excluding hydrogens is 254 g/mol. The number of carboxylic acids is 1. The quantitative estimate of drug-likeness (QED) is 0.865. The van der Waals surface area contributed by atoms with Crippen molar-refractivity contribution in [2.75, 3.05) is 20.2 Å². The molecule has 0 radical (unpaired) electrons. The van der Waals surface area contributed by atoms with E-state index in [1.54, 1.807) is 11.3 Å². The molecule has 1 aliphatic rings. The third-order valence-corrected chi connectivity index (χ3v) is 3.97. The number of methoxy groups -OCH3 is 1. The Balaban J connectivity index is 1.81. The normalized spacial score (nSPS) is 17.3. The van der Waals surface area contributed by atoms with Crippen LogP contribution in [0.2, 0.25) is 0 Å². The lowest BCUT2D eigenvalue weighted by molar-refractivity contribution is -0.188. The molecule has 2 heterocycles. The van der Waals surface area contributed by atoms with Gasteiger partial charge in [-0.05, 0) is 28.8 Å². The van der Waals surface area contributed by atoms with Crippen molar-refractivity contribution < 1.29 is 19.4 Å². The minimum absolute atomic E-state index is 0.0184. The van der Waals surface area contributed by atoms with E-state index in [-0.39, 0.29) is 19.0 Å². The number of amides is 1. The number of carbonyl (C=O) groups excluding carboxylic acids is 1. The van der Waals surface area contributed by atoms with Crippen LogP contribution in [0.4, 0.5) is 0 Å². The Hall–Kier alpha value is -1.40. The van der Waals surface area contributed by atoms with Crippen molar-refractivity contribution in [3.8, 4) is 0 Å². The lowest BCUT2D eigenvalue weighted by atomic mass is 9.93. The van der Waals surface area contributed by atoms with E-state index in [2.05, 4.69) is 0 Å². The fourth-order valence-corrected chi connectivity index (χ4v) is 2.65. The molecule has 0 unspecified atom stereocenters. The summed E-state index contributed by atoms with van der Waals surface area (Å²) in [5, 5.41) is 13.0. The van der Waals surface area contributed by atoms with Gasteiger partial charge in [0.05, 0.1) is 13.1 Å². The number of aliphatic carboxylic acids is 1. The molecule has 0 bridgehead atoms. The maximum Gasteiger partial charge on any atom is 0.339 e. The third kappa shape index (κ3) is 2.39. The maximum atomic E-state index is 11.8. The molecule has 6 heteroatoms. The molecule has 18 heavy (non-hydrogen) atoms. The molecule has 2 rings (SSSR count). The number of nitrogens with zero attached hydrogens (tertiary/aromatic N) is 1. The van der Waals surface area contributed by atoms with Crippen LogP contribution in [0.1, 0.15) is 12.0 Å². The zero-order valence-electron chi connectivity index (χ0n) is 10.1. The van der Waals surface area contributed by atoms with Crippen LogP contribution >= 0.6 is 11.3 Å². The Kier molecular flexibility index (Phi) is 3.68. The number of ether oxygens (including phenoxy) is 1. The van der Waals surface area contributed by atoms with Crippen LogP contribution in [-0.4, -0.2) is 47.7 Å². The predicted octanol–water partition coefficient (Wildman–Crippen LogP) is 0.993. The molecule has 1 aromatic heterocycles. The van der Waals surface area contributed by atoms with Crippen molar-refractivity contribution >= 4 is 23.2 Å². The summed E-state index contributed by atoms with van der Waals surface area (Å²) in [7, 11) is 1.36. The van der Waals surface area contributed by atoms with Crippen LogP contribution in [0, 0.1) is 0 Å². The number of aryl methyl sites for hydroxylation is 1. The topological polar surface area (TPSA) is 66.8 Å². The largest absolute Gasteiger partial charge is 0.479 e. The van der Waals surface area contributed by atoms with Crippen molar-refractivity contribution in [3.05, 3.63) is 22.4 Å². The van der Waals surface area contributed by atoms with Crippen LogP contribution in [0.15, 0.2) is 16.8 Å². The monoisotopic (exact) mass is 269 g/mol. The predicted molar refractivity (Wildman–Crippen MR) is 66.6 cm³/mol. The summed E-state index contributed by atoms with van der Waals surface area (Å²) in [6.07, 6.45) is 1.11. The summed E-state index contributed by atoms with van der Waals surface area (Å²) in [6, 6.07) is 1.99. The van der Waals surface area contributed by atoms with Crippen LogP contribution in [0.3, 0.4) is 0 Å². The van der Waals surface area contributed by atoms with Crippen molar-refractivity contribution in [3.63, 3.8) is 0 Å². The van der Waals surface area contributed by atoms with E-state index in [0.717, 1.165) is 5.56 Å². The summed E-state index contributed by atoms with van der Waals surface area (Å²) in [6.45, 7) is 0.280. The van der Waals surface area contributed by atoms with E-state index < -0.39 is 11.6 Å². The highest BCUT2D eigenvalue weighted by atomic mass is 32.1. The molecule has 0 aliphatic carbocycles. The fourth-order valence-electron chi connectivity index (χ4n) is 1.94. The van der Waals surface area contributed by atoms with Gasteiger partial charge in [0.1, 0.15) is 0 Å². The molecule has 1 saturated heterocycles. The summed E-state index contributed by atoms with van der Waals surface area (Å²) in [4.78, 5) is 24.3. The van der Waals surface area contributed by atoms with E-state index >= 15 is 0 Å². The average Bonchev–Trinajstić information content (AvgIpc) is 2.78. The summed E-state index contributed by atoms with van der Waals surface area (Å²) < 4.78 is 4.97. The minimum Gasteiger partial charge on any atom is -0.479 e. The molecule has 1 aliphatic heterocycles. The minimum atomic E-state index is -1.20. The summed E-state index contributed by atoms with van der Waals surface area (Å²) in [5.41, 5.74) is -0.0528. The second kappa shape index (κ2) is 5.07. The van der Waals surface area contributed by atoms with Crippen LogP contribution in [0.5, 0.6) is 0 Å². The smallest absolute Gasteiger partial charge is 0.339 e. The second-order valence-corrected chi connectivity index (χ2v) is 5.16. The Bertz CT molecular complexity index is 437. The highest BCUT2D eigenvalue weighted by Crippen LogP contribution is 2.25. The highest BCUT2D eigenvalue weighted by Gasteiger charge is 2.51. The molecule has 5 nitrogen and oxygen atoms in total. The highest BCUT2D eigenvalue weighted by molar-refractivity contribution is 7.07. The van der Waals surface area contributed by atoms with Gasteiger partial charge >= 0.3 is 5.97 Å². The molecule has 0 atom stereocenters. The van der Waals surface area contributed by atoms with Crippen LogP contribution < -0.4 is 0 Å². The van der Waals surface area contributed by atoms with Gasteiger partial charge in [-0.25, -0.2) is 4.79 Å². The number of hydrogen-bond acceptors (Lipinski definition) is 4. The van der Waals surface area contributed by atoms with Gasteiger partial charge in [0.15, 0.2) is 5.60 Å². The van der Waals surface area contributed by atoms with Gasteiger partial charge in [-0.15, -0.1) is 0 Å². The molecular formula is C12H15NO4S. The first-order chi connectivity index (χ1) is 8.57. The Labute approximate surface area is 109 Å². The molecule has 0 spiro atoms. The third-order valence-electron chi connectivity index (χ3n) is 3.23. The Morgan fingerprint density at radius 3 is 2.78 bits per heavy atom. The molecule has 1 N–H and O–H groups in total. The van der Waals surface area contributed by atoms with E-state index in [0.29, 0.717) is 12.8 Å². The Morgan fingerprint density at radius 2 is 2.28 bits per heavy atom. The first-order valence-electron chi connectivity index (χ1n) is 5.65. The van der Waals surface area contributed by atoms with Crippen molar-refractivity contribution in [1.29, 1.82) is 0 Å². The van der Waals surface area contributed by atoms with Crippen molar-refractivity contribution in [2.24, 2.45) is 0 Å². The van der Waals surface area contributed by atoms with Gasteiger partial charge in [0.25, 0.3) is 0 Å². The van der Waals surface area contributed by atoms with Gasteiger partial charge in [0, 0.05) is 13.5 Å². The number of carboxylic acid groups (broad SMARTS) is 1. The molecule has 1 aromatic rings. The number of rotatable bonds is 5. The van der Waals surface area contributed by atoms with Gasteiger partial charge in [-0.1, -0.05) is 0 Å². The zero-order valence-corrected chi connectivity index (χ0v) is 10.9. The van der Waals surface area contributed by atoms with Crippen LogP contribution in [0.25, 0.3) is 0 Å². The van der Waals surface area contributed by atoms with E-state index in [1.807, 2.05) is 16.8 Å². The lowest BCUT2D eigenvalue weighted by Gasteiger charge is -2.45. The van der Waals surface area contributed by atoms with E-state index in [9.17, 15) is 9.59 Å². The van der Waals surface area contributed by atoms with Gasteiger partial charge in [-0.3, -0.25) is 4.79 Å². The number of likely N-dealkylation sites (tertiary alicyclic amines) is 1. The standard InChI is InChI=1S/C12H15NO4S/c1-17-12(11(15)16)7-13(8-12)10(14)3-2-9-4-5-18-6-9/h4-6H,2-3,7-8H2,1H3,(H,15,16). The van der Waals surface area contributed by atoms with Crippen molar-refractivity contribution in [1.82, 2.24) is 4.90 Å². The van der Waals surface area contributed by atoms with Gasteiger partial charge in [-0.2, -0.15) is 11.3 Å². The number of carbonyl (C=O) groups is 2. The number of thiophene rings is 1. The average molecular weight is 269 g/mol. The van der Waals surface area contributed by atoms with Crippen LogP contribution in [-0.2, 0) is 20.7 Å². The first kappa shape index (κ1) is 13.0. The van der Waals surface area contributed by atoms with Gasteiger partial charge in [0.2, 0.25) is 5.91 Å². The molecule has 98 valence electrons.